The predicted molar refractivity (Wildman–Crippen MR) is 86.3 cm³/mol. The molecule has 1 atom stereocenters. The van der Waals surface area contributed by atoms with Crippen LogP contribution in [0.1, 0.15) is 87.5 Å². The van der Waals surface area contributed by atoms with Crippen LogP contribution >= 0.6 is 0 Å². The second-order valence-electron chi connectivity index (χ2n) is 6.26. The zero-order valence-electron chi connectivity index (χ0n) is 14.6. The summed E-state index contributed by atoms with van der Waals surface area (Å²) in [5, 5.41) is 0. The first kappa shape index (κ1) is 20.9. The minimum atomic E-state index is -0.289. The molecule has 2 heteroatoms. The third-order valence-corrected chi connectivity index (χ3v) is 4.65. The molecule has 0 aromatic carbocycles. The molecule has 0 saturated heterocycles. The van der Waals surface area contributed by atoms with Crippen LogP contribution in [0.25, 0.3) is 0 Å². The van der Waals surface area contributed by atoms with Crippen LogP contribution < -0.4 is 5.73 Å². The van der Waals surface area contributed by atoms with Crippen molar-refractivity contribution in [3.05, 3.63) is 0 Å². The molecule has 2 N–H and O–H groups in total. The molecule has 19 heavy (non-hydrogen) atoms. The molecular weight excluding hydrogens is 234 g/mol. The van der Waals surface area contributed by atoms with Gasteiger partial charge in [0, 0.05) is 5.41 Å². The molecule has 116 valence electrons. The Hall–Kier alpha value is -0.370. The zero-order valence-corrected chi connectivity index (χ0v) is 14.6. The van der Waals surface area contributed by atoms with Crippen molar-refractivity contribution in [3.63, 3.8) is 0 Å². The number of hydrogen-bond acceptors (Lipinski definition) is 2. The molecule has 0 spiro atoms. The van der Waals surface area contributed by atoms with Crippen LogP contribution in [0.3, 0.4) is 0 Å². The highest BCUT2D eigenvalue weighted by Gasteiger charge is 2.31. The highest BCUT2D eigenvalue weighted by atomic mass is 16.1. The van der Waals surface area contributed by atoms with E-state index < -0.39 is 0 Å². The maximum atomic E-state index is 12.2. The summed E-state index contributed by atoms with van der Waals surface area (Å²) in [6.45, 7) is 16.8. The van der Waals surface area contributed by atoms with Gasteiger partial charge in [-0.3, -0.25) is 4.79 Å². The second kappa shape index (κ2) is 9.52. The molecule has 0 rings (SSSR count). The number of rotatable bonds is 8. The first-order chi connectivity index (χ1) is 8.72. The Morgan fingerprint density at radius 2 is 1.42 bits per heavy atom. The smallest absolute Gasteiger partial charge is 0.155 e. The first-order valence-electron chi connectivity index (χ1n) is 8.02. The van der Waals surface area contributed by atoms with Crippen molar-refractivity contribution < 1.29 is 4.79 Å². The minimum absolute atomic E-state index is 0.217. The van der Waals surface area contributed by atoms with Gasteiger partial charge in [-0.1, -0.05) is 68.2 Å². The Labute approximate surface area is 121 Å². The number of nitrogens with two attached hydrogens (primary N) is 1. The van der Waals surface area contributed by atoms with Gasteiger partial charge in [0.05, 0.1) is 6.04 Å². The van der Waals surface area contributed by atoms with Gasteiger partial charge in [0.15, 0.2) is 5.78 Å². The van der Waals surface area contributed by atoms with Crippen molar-refractivity contribution in [2.75, 3.05) is 0 Å². The van der Waals surface area contributed by atoms with Gasteiger partial charge in [0.25, 0.3) is 0 Å². The van der Waals surface area contributed by atoms with Crippen LogP contribution in [-0.2, 0) is 4.79 Å². The minimum Gasteiger partial charge on any atom is -0.321 e. The molecular formula is C17H37NO. The summed E-state index contributed by atoms with van der Waals surface area (Å²) in [7, 11) is 0. The van der Waals surface area contributed by atoms with Crippen molar-refractivity contribution in [1.29, 1.82) is 0 Å². The fourth-order valence-electron chi connectivity index (χ4n) is 1.91. The second-order valence-corrected chi connectivity index (χ2v) is 6.26. The van der Waals surface area contributed by atoms with E-state index in [9.17, 15) is 4.79 Å². The first-order valence-corrected chi connectivity index (χ1v) is 8.02. The van der Waals surface area contributed by atoms with Gasteiger partial charge in [-0.25, -0.2) is 0 Å². The van der Waals surface area contributed by atoms with Crippen molar-refractivity contribution in [3.8, 4) is 0 Å². The van der Waals surface area contributed by atoms with E-state index in [1.165, 1.54) is 0 Å². The van der Waals surface area contributed by atoms with Crippen LogP contribution in [0.2, 0.25) is 0 Å². The summed E-state index contributed by atoms with van der Waals surface area (Å²) in [6, 6.07) is -0.289. The molecule has 2 nitrogen and oxygen atoms in total. The lowest BCUT2D eigenvalue weighted by Gasteiger charge is -2.30. The lowest BCUT2D eigenvalue weighted by molar-refractivity contribution is -0.128. The maximum absolute atomic E-state index is 12.2. The maximum Gasteiger partial charge on any atom is 0.155 e. The van der Waals surface area contributed by atoms with Gasteiger partial charge in [0.2, 0.25) is 0 Å². The molecule has 0 aliphatic heterocycles. The van der Waals surface area contributed by atoms with E-state index >= 15 is 0 Å². The van der Waals surface area contributed by atoms with Gasteiger partial charge in [-0.2, -0.15) is 0 Å². The topological polar surface area (TPSA) is 43.1 Å². The number of hydrogen-bond donors (Lipinski definition) is 1. The summed E-state index contributed by atoms with van der Waals surface area (Å²) in [4.78, 5) is 12.2. The number of carbonyl (C=O) groups is 1. The number of ketones is 1. The summed E-state index contributed by atoms with van der Waals surface area (Å²) >= 11 is 0. The van der Waals surface area contributed by atoms with Crippen molar-refractivity contribution in [2.24, 2.45) is 16.6 Å². The highest BCUT2D eigenvalue weighted by Crippen LogP contribution is 2.32. The molecule has 1 unspecified atom stereocenters. The fraction of sp³-hybridized carbons (Fsp3) is 0.941. The predicted octanol–water partition coefficient (Wildman–Crippen LogP) is 4.95. The van der Waals surface area contributed by atoms with E-state index in [1.54, 1.807) is 0 Å². The molecule has 0 aliphatic carbocycles. The van der Waals surface area contributed by atoms with Crippen LogP contribution in [0, 0.1) is 10.8 Å². The lowest BCUT2D eigenvalue weighted by atomic mass is 9.76. The van der Waals surface area contributed by atoms with E-state index in [-0.39, 0.29) is 17.2 Å². The molecule has 0 saturated carbocycles. The summed E-state index contributed by atoms with van der Waals surface area (Å²) in [6.07, 6.45) is 5.04. The van der Waals surface area contributed by atoms with Crippen LogP contribution in [-0.4, -0.2) is 11.8 Å². The normalized spacial score (nSPS) is 13.5. The van der Waals surface area contributed by atoms with E-state index in [0.717, 1.165) is 32.1 Å². The van der Waals surface area contributed by atoms with Gasteiger partial charge >= 0.3 is 0 Å². The highest BCUT2D eigenvalue weighted by molar-refractivity contribution is 5.88. The molecule has 0 aromatic rings. The van der Waals surface area contributed by atoms with Gasteiger partial charge in [0.1, 0.15) is 0 Å². The SMILES string of the molecule is CC.CCC(C)(CC)CCC(N)C(=O)C(C)(C)CC. The van der Waals surface area contributed by atoms with Crippen LogP contribution in [0.15, 0.2) is 0 Å². The number of carbonyl (C=O) groups excluding carboxylic acids is 1. The molecule has 0 amide bonds. The summed E-state index contributed by atoms with van der Waals surface area (Å²) in [5.74, 6) is 0.217. The fourth-order valence-corrected chi connectivity index (χ4v) is 1.91. The van der Waals surface area contributed by atoms with Gasteiger partial charge < -0.3 is 5.73 Å². The summed E-state index contributed by atoms with van der Waals surface area (Å²) in [5.41, 5.74) is 6.12. The van der Waals surface area contributed by atoms with Crippen molar-refractivity contribution in [2.45, 2.75) is 93.5 Å². The Morgan fingerprint density at radius 1 is 1.00 bits per heavy atom. The largest absolute Gasteiger partial charge is 0.321 e. The lowest BCUT2D eigenvalue weighted by Crippen LogP contribution is -2.40. The van der Waals surface area contributed by atoms with E-state index in [2.05, 4.69) is 20.8 Å². The Balaban J connectivity index is 0. The van der Waals surface area contributed by atoms with Crippen LogP contribution in [0.4, 0.5) is 0 Å². The Kier molecular flexibility index (Phi) is 10.5. The Morgan fingerprint density at radius 3 is 1.74 bits per heavy atom. The third-order valence-electron chi connectivity index (χ3n) is 4.65. The van der Waals surface area contributed by atoms with E-state index in [0.29, 0.717) is 5.41 Å². The molecule has 0 fully saturated rings. The third kappa shape index (κ3) is 7.10. The van der Waals surface area contributed by atoms with E-state index in [1.807, 2.05) is 34.6 Å². The number of Topliss-reactive ketones (excluding diaryl/α,β-unsaturated/α-hetero) is 1. The molecule has 0 heterocycles. The Bertz CT molecular complexity index is 242. The van der Waals surface area contributed by atoms with Crippen molar-refractivity contribution in [1.82, 2.24) is 0 Å². The van der Waals surface area contributed by atoms with Gasteiger partial charge in [-0.05, 0) is 24.7 Å². The molecule has 0 aliphatic rings. The zero-order chi connectivity index (χ0) is 15.7. The average molecular weight is 271 g/mol. The average Bonchev–Trinajstić information content (AvgIpc) is 2.45. The quantitative estimate of drug-likeness (QED) is 0.678. The monoisotopic (exact) mass is 271 g/mol. The van der Waals surface area contributed by atoms with Crippen LogP contribution in [0.5, 0.6) is 0 Å². The van der Waals surface area contributed by atoms with E-state index in [4.69, 9.17) is 5.73 Å². The van der Waals surface area contributed by atoms with Gasteiger partial charge in [-0.15, -0.1) is 0 Å². The summed E-state index contributed by atoms with van der Waals surface area (Å²) < 4.78 is 0. The standard InChI is InChI=1S/C15H31NO.C2H6/c1-7-14(4,5)13(17)12(16)10-11-15(6,8-2)9-3;1-2/h12H,7-11,16H2,1-6H3;1-2H3. The molecule has 0 radical (unpaired) electrons. The van der Waals surface area contributed by atoms with Crippen molar-refractivity contribution >= 4 is 5.78 Å². The molecule has 0 bridgehead atoms. The molecule has 0 aromatic heterocycles.